The lowest BCUT2D eigenvalue weighted by Gasteiger charge is -2.20. The molecule has 0 fully saturated rings. The summed E-state index contributed by atoms with van der Waals surface area (Å²) in [7, 11) is 1.76. The molecule has 32 heavy (non-hydrogen) atoms. The summed E-state index contributed by atoms with van der Waals surface area (Å²) in [6.07, 6.45) is 3.13. The van der Waals surface area contributed by atoms with Gasteiger partial charge in [-0.1, -0.05) is 74.4 Å². The Kier molecular flexibility index (Phi) is 8.44. The van der Waals surface area contributed by atoms with Gasteiger partial charge in [-0.05, 0) is 36.2 Å². The van der Waals surface area contributed by atoms with Crippen molar-refractivity contribution in [3.05, 3.63) is 95.6 Å². The number of amides is 2. The average Bonchev–Trinajstić information content (AvgIpc) is 2.82. The van der Waals surface area contributed by atoms with Crippen molar-refractivity contribution in [2.24, 2.45) is 0 Å². The molecule has 1 N–H and O–H groups in total. The van der Waals surface area contributed by atoms with Gasteiger partial charge in [0.05, 0.1) is 23.4 Å². The minimum absolute atomic E-state index is 0.158. The zero-order valence-corrected chi connectivity index (χ0v) is 18.7. The molecule has 0 saturated heterocycles. The summed E-state index contributed by atoms with van der Waals surface area (Å²) < 4.78 is 5.84. The average molecular weight is 431 g/mol. The Morgan fingerprint density at radius 3 is 2.25 bits per heavy atom. The highest BCUT2D eigenvalue weighted by molar-refractivity contribution is 6.10. The van der Waals surface area contributed by atoms with E-state index in [0.717, 1.165) is 24.8 Å². The number of ether oxygens (including phenoxy) is 1. The van der Waals surface area contributed by atoms with E-state index in [0.29, 0.717) is 35.7 Å². The van der Waals surface area contributed by atoms with E-state index in [2.05, 4.69) is 12.2 Å². The Hall–Kier alpha value is -3.60. The minimum atomic E-state index is -0.304. The summed E-state index contributed by atoms with van der Waals surface area (Å²) in [6, 6.07) is 24.1. The molecule has 5 nitrogen and oxygen atoms in total. The van der Waals surface area contributed by atoms with Crippen molar-refractivity contribution in [3.63, 3.8) is 0 Å². The smallest absolute Gasteiger partial charge is 0.259 e. The van der Waals surface area contributed by atoms with Crippen LogP contribution in [0.25, 0.3) is 0 Å². The topological polar surface area (TPSA) is 58.6 Å². The molecule has 0 aliphatic rings. The Morgan fingerprint density at radius 1 is 0.844 bits per heavy atom. The molecule has 0 heterocycles. The van der Waals surface area contributed by atoms with Crippen molar-refractivity contribution in [3.8, 4) is 5.75 Å². The maximum atomic E-state index is 13.1. The number of rotatable bonds is 10. The third kappa shape index (κ3) is 6.20. The number of carbonyl (C=O) groups excluding carboxylic acids is 2. The van der Waals surface area contributed by atoms with E-state index in [-0.39, 0.29) is 11.8 Å². The molecule has 0 spiro atoms. The van der Waals surface area contributed by atoms with E-state index in [1.807, 2.05) is 36.4 Å². The van der Waals surface area contributed by atoms with E-state index in [1.165, 1.54) is 0 Å². The summed E-state index contributed by atoms with van der Waals surface area (Å²) in [4.78, 5) is 27.8. The first-order valence-corrected chi connectivity index (χ1v) is 11.0. The molecular weight excluding hydrogens is 400 g/mol. The number of nitrogens with one attached hydrogen (secondary N) is 1. The lowest BCUT2D eigenvalue weighted by Crippen LogP contribution is -2.27. The van der Waals surface area contributed by atoms with Crippen LogP contribution in [0.5, 0.6) is 5.75 Å². The van der Waals surface area contributed by atoms with E-state index in [9.17, 15) is 9.59 Å². The molecule has 0 bridgehead atoms. The van der Waals surface area contributed by atoms with Gasteiger partial charge in [0.2, 0.25) is 0 Å². The normalized spacial score (nSPS) is 10.4. The second-order valence-electron chi connectivity index (χ2n) is 7.70. The highest BCUT2D eigenvalue weighted by Gasteiger charge is 2.19. The fourth-order valence-electron chi connectivity index (χ4n) is 3.42. The third-order valence-corrected chi connectivity index (χ3v) is 5.15. The van der Waals surface area contributed by atoms with Gasteiger partial charge in [0.25, 0.3) is 11.8 Å². The number of para-hydroxylation sites is 2. The van der Waals surface area contributed by atoms with Crippen LogP contribution in [0.4, 0.5) is 5.69 Å². The van der Waals surface area contributed by atoms with Crippen LogP contribution in [0.1, 0.15) is 52.5 Å². The standard InChI is InChI=1S/C27H30N2O3/c1-3-4-12-19-32-25-18-11-9-16-23(25)26(30)28-24-17-10-8-15-22(24)27(31)29(2)20-21-13-6-5-7-14-21/h5-11,13-18H,3-4,12,19-20H2,1-2H3,(H,28,30). The molecule has 3 aromatic rings. The first-order valence-electron chi connectivity index (χ1n) is 11.0. The summed E-state index contributed by atoms with van der Waals surface area (Å²) in [5, 5.41) is 2.90. The van der Waals surface area contributed by atoms with Crippen LogP contribution in [-0.2, 0) is 6.54 Å². The molecule has 0 unspecified atom stereocenters. The van der Waals surface area contributed by atoms with Gasteiger partial charge in [0.15, 0.2) is 0 Å². The molecule has 3 aromatic carbocycles. The van der Waals surface area contributed by atoms with Crippen LogP contribution in [0.15, 0.2) is 78.9 Å². The molecule has 0 aliphatic heterocycles. The fraction of sp³-hybridized carbons (Fsp3) is 0.259. The van der Waals surface area contributed by atoms with Crippen molar-refractivity contribution in [1.82, 2.24) is 4.90 Å². The maximum Gasteiger partial charge on any atom is 0.259 e. The van der Waals surface area contributed by atoms with Gasteiger partial charge in [-0.15, -0.1) is 0 Å². The number of nitrogens with zero attached hydrogens (tertiary/aromatic N) is 1. The summed E-state index contributed by atoms with van der Waals surface area (Å²) in [5.74, 6) is 0.0852. The predicted molar refractivity (Wildman–Crippen MR) is 128 cm³/mol. The van der Waals surface area contributed by atoms with E-state index in [1.54, 1.807) is 54.4 Å². The van der Waals surface area contributed by atoms with Crippen molar-refractivity contribution in [2.45, 2.75) is 32.7 Å². The van der Waals surface area contributed by atoms with Gasteiger partial charge >= 0.3 is 0 Å². The Bertz CT molecular complexity index is 1030. The van der Waals surface area contributed by atoms with Gasteiger partial charge in [-0.3, -0.25) is 9.59 Å². The number of unbranched alkanes of at least 4 members (excludes halogenated alkanes) is 2. The van der Waals surface area contributed by atoms with Crippen LogP contribution < -0.4 is 10.1 Å². The molecule has 0 aromatic heterocycles. The Balaban J connectivity index is 1.74. The number of hydrogen-bond acceptors (Lipinski definition) is 3. The molecular formula is C27H30N2O3. The Labute approximate surface area is 190 Å². The van der Waals surface area contributed by atoms with Crippen molar-refractivity contribution >= 4 is 17.5 Å². The second-order valence-corrected chi connectivity index (χ2v) is 7.70. The van der Waals surface area contributed by atoms with Crippen molar-refractivity contribution < 1.29 is 14.3 Å². The van der Waals surface area contributed by atoms with Crippen molar-refractivity contribution in [1.29, 1.82) is 0 Å². The Morgan fingerprint density at radius 2 is 1.50 bits per heavy atom. The van der Waals surface area contributed by atoms with Gasteiger partial charge in [-0.25, -0.2) is 0 Å². The SMILES string of the molecule is CCCCCOc1ccccc1C(=O)Nc1ccccc1C(=O)N(C)Cc1ccccc1. The monoisotopic (exact) mass is 430 g/mol. The lowest BCUT2D eigenvalue weighted by molar-refractivity contribution is 0.0786. The molecule has 166 valence electrons. The fourth-order valence-corrected chi connectivity index (χ4v) is 3.42. The first kappa shape index (κ1) is 23.1. The van der Waals surface area contributed by atoms with E-state index in [4.69, 9.17) is 4.74 Å². The summed E-state index contributed by atoms with van der Waals surface area (Å²) in [5.41, 5.74) is 2.41. The highest BCUT2D eigenvalue weighted by atomic mass is 16.5. The number of benzene rings is 3. The van der Waals surface area contributed by atoms with Crippen molar-refractivity contribution in [2.75, 3.05) is 19.0 Å². The first-order chi connectivity index (χ1) is 15.6. The molecule has 2 amide bonds. The van der Waals surface area contributed by atoms with Crippen LogP contribution in [0.2, 0.25) is 0 Å². The maximum absolute atomic E-state index is 13.1. The third-order valence-electron chi connectivity index (χ3n) is 5.15. The van der Waals surface area contributed by atoms with Crippen LogP contribution in [0.3, 0.4) is 0 Å². The van der Waals surface area contributed by atoms with Gasteiger partial charge < -0.3 is 15.0 Å². The summed E-state index contributed by atoms with van der Waals surface area (Å²) in [6.45, 7) is 3.19. The van der Waals surface area contributed by atoms with Crippen LogP contribution in [0, 0.1) is 0 Å². The van der Waals surface area contributed by atoms with Gasteiger partial charge in [0.1, 0.15) is 5.75 Å². The van der Waals surface area contributed by atoms with E-state index < -0.39 is 0 Å². The number of hydrogen-bond donors (Lipinski definition) is 1. The lowest BCUT2D eigenvalue weighted by atomic mass is 10.1. The molecule has 0 aliphatic carbocycles. The molecule has 5 heteroatoms. The number of anilines is 1. The molecule has 3 rings (SSSR count). The van der Waals surface area contributed by atoms with Crippen LogP contribution >= 0.6 is 0 Å². The summed E-state index contributed by atoms with van der Waals surface area (Å²) >= 11 is 0. The predicted octanol–water partition coefficient (Wildman–Crippen LogP) is 5.78. The van der Waals surface area contributed by atoms with Gasteiger partial charge in [0, 0.05) is 13.6 Å². The van der Waals surface area contributed by atoms with E-state index >= 15 is 0 Å². The van der Waals surface area contributed by atoms with Gasteiger partial charge in [-0.2, -0.15) is 0 Å². The minimum Gasteiger partial charge on any atom is -0.493 e. The molecule has 0 atom stereocenters. The molecule has 0 saturated carbocycles. The van der Waals surface area contributed by atoms with Crippen LogP contribution in [-0.4, -0.2) is 30.4 Å². The zero-order valence-electron chi connectivity index (χ0n) is 18.7. The second kappa shape index (κ2) is 11.7. The molecule has 0 radical (unpaired) electrons. The zero-order chi connectivity index (χ0) is 22.8. The largest absolute Gasteiger partial charge is 0.493 e. The quantitative estimate of drug-likeness (QED) is 0.415. The highest BCUT2D eigenvalue weighted by Crippen LogP contribution is 2.23. The number of carbonyl (C=O) groups is 2.